The van der Waals surface area contributed by atoms with E-state index < -0.39 is 5.41 Å². The largest absolute Gasteiger partial charge is 0.361 e. The Morgan fingerprint density at radius 3 is 2.44 bits per heavy atom. The molecule has 0 aliphatic carbocycles. The van der Waals surface area contributed by atoms with Gasteiger partial charge in [0.05, 0.1) is 5.41 Å². The minimum atomic E-state index is -0.722. The van der Waals surface area contributed by atoms with Crippen molar-refractivity contribution < 1.29 is 18.9 Å². The first-order chi connectivity index (χ1) is 15.4. The van der Waals surface area contributed by atoms with E-state index in [2.05, 4.69) is 10.5 Å². The van der Waals surface area contributed by atoms with Gasteiger partial charge in [0, 0.05) is 64.1 Å². The van der Waals surface area contributed by atoms with Gasteiger partial charge < -0.3 is 19.6 Å². The van der Waals surface area contributed by atoms with Gasteiger partial charge in [-0.1, -0.05) is 35.5 Å². The molecule has 0 spiro atoms. The van der Waals surface area contributed by atoms with Gasteiger partial charge in [0.15, 0.2) is 0 Å². The summed E-state index contributed by atoms with van der Waals surface area (Å²) in [5.41, 5.74) is 0.973. The van der Waals surface area contributed by atoms with Gasteiger partial charge in [0.25, 0.3) is 0 Å². The number of likely N-dealkylation sites (tertiary alicyclic amines) is 2. The lowest BCUT2D eigenvalue weighted by Crippen LogP contribution is -2.52. The molecular weight excluding hydrogens is 408 g/mol. The standard InChI is InChI=1S/C24H30N4O4/c1-17(29)25-20-8-11-27(12-9-20)23(31)24(10-13-28(16-24)18(2)30)15-21-14-22(26-32-21)19-6-4-3-5-7-19/h3-7,14,20H,8-13,15-16H2,1-2H3,(H,25,29). The molecule has 4 rings (SSSR count). The normalized spacial score (nSPS) is 21.6. The summed E-state index contributed by atoms with van der Waals surface area (Å²) in [6.07, 6.45) is 2.47. The molecule has 32 heavy (non-hydrogen) atoms. The number of piperidine rings is 1. The topological polar surface area (TPSA) is 95.8 Å². The molecule has 8 nitrogen and oxygen atoms in total. The summed E-state index contributed by atoms with van der Waals surface area (Å²) in [4.78, 5) is 40.8. The van der Waals surface area contributed by atoms with E-state index in [1.165, 1.54) is 6.92 Å². The Morgan fingerprint density at radius 2 is 1.81 bits per heavy atom. The Labute approximate surface area is 187 Å². The smallest absolute Gasteiger partial charge is 0.231 e. The summed E-state index contributed by atoms with van der Waals surface area (Å²) in [5.74, 6) is 0.640. The van der Waals surface area contributed by atoms with E-state index in [1.807, 2.05) is 41.3 Å². The zero-order valence-corrected chi connectivity index (χ0v) is 18.7. The molecule has 0 saturated carbocycles. The van der Waals surface area contributed by atoms with Gasteiger partial charge in [0.2, 0.25) is 17.7 Å². The van der Waals surface area contributed by atoms with E-state index in [4.69, 9.17) is 4.52 Å². The van der Waals surface area contributed by atoms with Gasteiger partial charge in [-0.05, 0) is 19.3 Å². The highest BCUT2D eigenvalue weighted by Gasteiger charge is 2.48. The van der Waals surface area contributed by atoms with Crippen LogP contribution in [0, 0.1) is 5.41 Å². The van der Waals surface area contributed by atoms with Crippen molar-refractivity contribution in [3.63, 3.8) is 0 Å². The van der Waals surface area contributed by atoms with E-state index in [0.29, 0.717) is 44.8 Å². The lowest BCUT2D eigenvalue weighted by atomic mass is 9.80. The summed E-state index contributed by atoms with van der Waals surface area (Å²) in [6.45, 7) is 5.19. The Bertz CT molecular complexity index is 981. The van der Waals surface area contributed by atoms with Crippen molar-refractivity contribution in [3.05, 3.63) is 42.2 Å². The van der Waals surface area contributed by atoms with Crippen LogP contribution < -0.4 is 5.32 Å². The average molecular weight is 439 g/mol. The molecular formula is C24H30N4O4. The first kappa shape index (κ1) is 22.0. The van der Waals surface area contributed by atoms with Crippen LogP contribution in [-0.4, -0.2) is 64.9 Å². The molecule has 8 heteroatoms. The van der Waals surface area contributed by atoms with E-state index >= 15 is 0 Å². The summed E-state index contributed by atoms with van der Waals surface area (Å²) >= 11 is 0. The van der Waals surface area contributed by atoms with Crippen LogP contribution in [0.1, 0.15) is 38.9 Å². The van der Waals surface area contributed by atoms with Crippen LogP contribution in [0.15, 0.2) is 40.9 Å². The molecule has 2 fully saturated rings. The molecule has 0 bridgehead atoms. The number of nitrogens with one attached hydrogen (secondary N) is 1. The summed E-state index contributed by atoms with van der Waals surface area (Å²) in [7, 11) is 0. The molecule has 3 amide bonds. The minimum absolute atomic E-state index is 0.0217. The second-order valence-electron chi connectivity index (χ2n) is 8.96. The van der Waals surface area contributed by atoms with Crippen molar-refractivity contribution >= 4 is 17.7 Å². The maximum Gasteiger partial charge on any atom is 0.231 e. The van der Waals surface area contributed by atoms with Gasteiger partial charge >= 0.3 is 0 Å². The molecule has 2 aliphatic rings. The first-order valence-corrected chi connectivity index (χ1v) is 11.2. The number of rotatable bonds is 5. The lowest BCUT2D eigenvalue weighted by Gasteiger charge is -2.38. The van der Waals surface area contributed by atoms with E-state index in [0.717, 1.165) is 24.1 Å². The number of hydrogen-bond acceptors (Lipinski definition) is 5. The second kappa shape index (κ2) is 9.14. The molecule has 1 N–H and O–H groups in total. The van der Waals surface area contributed by atoms with Crippen LogP contribution in [0.25, 0.3) is 11.3 Å². The van der Waals surface area contributed by atoms with Crippen molar-refractivity contribution in [2.24, 2.45) is 5.41 Å². The van der Waals surface area contributed by atoms with E-state index in [-0.39, 0.29) is 23.8 Å². The predicted molar refractivity (Wildman–Crippen MR) is 118 cm³/mol. The Balaban J connectivity index is 1.52. The zero-order valence-electron chi connectivity index (χ0n) is 18.7. The molecule has 3 heterocycles. The van der Waals surface area contributed by atoms with Crippen LogP contribution in [0.4, 0.5) is 0 Å². The maximum absolute atomic E-state index is 13.7. The number of amides is 3. The van der Waals surface area contributed by atoms with Gasteiger partial charge in [-0.2, -0.15) is 0 Å². The molecule has 2 aliphatic heterocycles. The quantitative estimate of drug-likeness (QED) is 0.773. The number of carbonyl (C=O) groups is 3. The number of aromatic nitrogens is 1. The molecule has 0 radical (unpaired) electrons. The molecule has 1 unspecified atom stereocenters. The third-order valence-electron chi connectivity index (χ3n) is 6.58. The number of hydrogen-bond donors (Lipinski definition) is 1. The maximum atomic E-state index is 13.7. The average Bonchev–Trinajstić information content (AvgIpc) is 3.43. The van der Waals surface area contributed by atoms with Crippen molar-refractivity contribution in [2.75, 3.05) is 26.2 Å². The molecule has 1 atom stereocenters. The third kappa shape index (κ3) is 4.69. The third-order valence-corrected chi connectivity index (χ3v) is 6.58. The van der Waals surface area contributed by atoms with E-state index in [9.17, 15) is 14.4 Å². The molecule has 2 aromatic rings. The highest BCUT2D eigenvalue weighted by Crippen LogP contribution is 2.38. The van der Waals surface area contributed by atoms with Gasteiger partial charge in [-0.3, -0.25) is 14.4 Å². The predicted octanol–water partition coefficient (Wildman–Crippen LogP) is 2.25. The van der Waals surface area contributed by atoms with Crippen molar-refractivity contribution in [1.29, 1.82) is 0 Å². The lowest BCUT2D eigenvalue weighted by molar-refractivity contribution is -0.143. The summed E-state index contributed by atoms with van der Waals surface area (Å²) in [5, 5.41) is 7.15. The van der Waals surface area contributed by atoms with Gasteiger partial charge in [-0.25, -0.2) is 0 Å². The van der Waals surface area contributed by atoms with Crippen LogP contribution in [0.2, 0.25) is 0 Å². The monoisotopic (exact) mass is 438 g/mol. The van der Waals surface area contributed by atoms with E-state index in [1.54, 1.807) is 11.8 Å². The Hall–Kier alpha value is -3.16. The minimum Gasteiger partial charge on any atom is -0.361 e. The van der Waals surface area contributed by atoms with Gasteiger partial charge in [0.1, 0.15) is 11.5 Å². The summed E-state index contributed by atoms with van der Waals surface area (Å²) in [6, 6.07) is 11.8. The first-order valence-electron chi connectivity index (χ1n) is 11.2. The highest BCUT2D eigenvalue weighted by atomic mass is 16.5. The Morgan fingerprint density at radius 1 is 1.09 bits per heavy atom. The zero-order chi connectivity index (χ0) is 22.7. The van der Waals surface area contributed by atoms with Crippen LogP contribution in [0.5, 0.6) is 0 Å². The highest BCUT2D eigenvalue weighted by molar-refractivity contribution is 5.85. The Kier molecular flexibility index (Phi) is 6.30. The molecule has 2 saturated heterocycles. The van der Waals surface area contributed by atoms with Gasteiger partial charge in [-0.15, -0.1) is 0 Å². The number of benzene rings is 1. The summed E-state index contributed by atoms with van der Waals surface area (Å²) < 4.78 is 5.63. The number of carbonyl (C=O) groups excluding carboxylic acids is 3. The molecule has 1 aromatic heterocycles. The van der Waals surface area contributed by atoms with Crippen molar-refractivity contribution in [1.82, 2.24) is 20.3 Å². The van der Waals surface area contributed by atoms with Crippen LogP contribution >= 0.6 is 0 Å². The number of nitrogens with zero attached hydrogens (tertiary/aromatic N) is 3. The van der Waals surface area contributed by atoms with Crippen molar-refractivity contribution in [3.8, 4) is 11.3 Å². The fourth-order valence-corrected chi connectivity index (χ4v) is 4.86. The molecule has 170 valence electrons. The second-order valence-corrected chi connectivity index (χ2v) is 8.96. The fraction of sp³-hybridized carbons (Fsp3) is 0.500. The van der Waals surface area contributed by atoms with Crippen molar-refractivity contribution in [2.45, 2.75) is 45.6 Å². The van der Waals surface area contributed by atoms with Crippen LogP contribution in [-0.2, 0) is 20.8 Å². The fourth-order valence-electron chi connectivity index (χ4n) is 4.86. The molecule has 1 aromatic carbocycles. The SMILES string of the molecule is CC(=O)NC1CCN(C(=O)C2(Cc3cc(-c4ccccc4)no3)CCN(C(C)=O)C2)CC1. The van der Waals surface area contributed by atoms with Crippen LogP contribution in [0.3, 0.4) is 0 Å².